The molecule has 0 aliphatic carbocycles. The van der Waals surface area contributed by atoms with Gasteiger partial charge in [-0.1, -0.05) is 29.3 Å². The minimum atomic E-state index is -0.608. The predicted molar refractivity (Wildman–Crippen MR) is 80.1 cm³/mol. The van der Waals surface area contributed by atoms with Crippen molar-refractivity contribution in [2.45, 2.75) is 6.17 Å². The number of nitrogens with zero attached hydrogens (tertiary/aromatic N) is 3. The van der Waals surface area contributed by atoms with Gasteiger partial charge in [0.2, 0.25) is 0 Å². The molecule has 6 nitrogen and oxygen atoms in total. The van der Waals surface area contributed by atoms with Crippen LogP contribution < -0.4 is 10.9 Å². The van der Waals surface area contributed by atoms with E-state index in [2.05, 4.69) is 25.8 Å². The molecule has 1 aromatic carbocycles. The van der Waals surface area contributed by atoms with Gasteiger partial charge in [-0.15, -0.1) is 0 Å². The first-order valence-corrected chi connectivity index (χ1v) is 6.75. The Balaban J connectivity index is 1.97. The van der Waals surface area contributed by atoms with Crippen molar-refractivity contribution in [2.75, 3.05) is 0 Å². The van der Waals surface area contributed by atoms with Crippen molar-refractivity contribution in [3.63, 3.8) is 0 Å². The number of benzene rings is 1. The number of hydrogen-bond donors (Lipinski definition) is 2. The summed E-state index contributed by atoms with van der Waals surface area (Å²) in [5, 5.41) is 0.933. The lowest BCUT2D eigenvalue weighted by Crippen LogP contribution is -2.36. The van der Waals surface area contributed by atoms with Crippen molar-refractivity contribution in [1.29, 1.82) is 0 Å². The number of halogens is 2. The molecule has 0 radical (unpaired) electrons. The third-order valence-electron chi connectivity index (χ3n) is 2.86. The monoisotopic (exact) mass is 321 g/mol. The smallest absolute Gasteiger partial charge is 0.174 e. The number of hydrogen-bond acceptors (Lipinski definition) is 6. The SMILES string of the molecule is O=CC1N=C(c2cc(-c3ccc(Cl)c(Cl)c3)ncn2)NN1. The Kier molecular flexibility index (Phi) is 3.83. The third-order valence-corrected chi connectivity index (χ3v) is 3.60. The van der Waals surface area contributed by atoms with E-state index in [9.17, 15) is 4.79 Å². The van der Waals surface area contributed by atoms with E-state index in [1.54, 1.807) is 18.2 Å². The van der Waals surface area contributed by atoms with E-state index in [0.717, 1.165) is 5.56 Å². The van der Waals surface area contributed by atoms with Gasteiger partial charge in [0.25, 0.3) is 0 Å². The summed E-state index contributed by atoms with van der Waals surface area (Å²) in [6.07, 6.45) is 1.51. The first-order chi connectivity index (χ1) is 10.2. The summed E-state index contributed by atoms with van der Waals surface area (Å²) in [5.41, 5.74) is 7.58. The van der Waals surface area contributed by atoms with Crippen LogP contribution in [0.3, 0.4) is 0 Å². The molecule has 0 saturated heterocycles. The summed E-state index contributed by atoms with van der Waals surface area (Å²) < 4.78 is 0. The standard InChI is InChI=1S/C13H9Cl2N5O/c14-8-2-1-7(3-9(8)15)10-4-11(17-6-16-10)13-18-12(5-21)19-20-13/h1-6,12,19H,(H,18,20). The number of aliphatic imine (C=N–C) groups is 1. The Morgan fingerprint density at radius 1 is 1.10 bits per heavy atom. The van der Waals surface area contributed by atoms with Gasteiger partial charge in [0.05, 0.1) is 15.7 Å². The van der Waals surface area contributed by atoms with Crippen LogP contribution in [0.15, 0.2) is 35.6 Å². The largest absolute Gasteiger partial charge is 0.302 e. The Hall–Kier alpha value is -2.02. The molecule has 0 fully saturated rings. The number of amidine groups is 1. The van der Waals surface area contributed by atoms with E-state index in [1.807, 2.05) is 6.07 Å². The minimum absolute atomic E-state index is 0.452. The molecule has 0 spiro atoms. The number of aldehydes is 1. The van der Waals surface area contributed by atoms with Crippen molar-refractivity contribution in [3.05, 3.63) is 46.3 Å². The van der Waals surface area contributed by atoms with Crippen LogP contribution in [-0.4, -0.2) is 28.3 Å². The van der Waals surface area contributed by atoms with E-state index in [1.165, 1.54) is 6.33 Å². The zero-order valence-corrected chi connectivity index (χ0v) is 12.1. The lowest BCUT2D eigenvalue weighted by atomic mass is 10.1. The fourth-order valence-electron chi connectivity index (χ4n) is 1.84. The molecule has 0 amide bonds. The van der Waals surface area contributed by atoms with E-state index < -0.39 is 6.17 Å². The first-order valence-electron chi connectivity index (χ1n) is 6.00. The highest BCUT2D eigenvalue weighted by atomic mass is 35.5. The molecular weight excluding hydrogens is 313 g/mol. The van der Waals surface area contributed by atoms with Crippen LogP contribution in [0.5, 0.6) is 0 Å². The molecule has 106 valence electrons. The van der Waals surface area contributed by atoms with Crippen molar-refractivity contribution < 1.29 is 4.79 Å². The molecular formula is C13H9Cl2N5O. The molecule has 8 heteroatoms. The first kappa shape index (κ1) is 13.9. The number of hydrazine groups is 1. The van der Waals surface area contributed by atoms with Crippen molar-refractivity contribution >= 4 is 35.3 Å². The molecule has 2 heterocycles. The quantitative estimate of drug-likeness (QED) is 0.843. The second-order valence-corrected chi connectivity index (χ2v) is 5.06. The maximum absolute atomic E-state index is 10.7. The number of aromatic nitrogens is 2. The van der Waals surface area contributed by atoms with Crippen LogP contribution in [0, 0.1) is 0 Å². The van der Waals surface area contributed by atoms with Gasteiger partial charge in [0, 0.05) is 5.56 Å². The normalized spacial score (nSPS) is 17.2. The average Bonchev–Trinajstić information content (AvgIpc) is 2.99. The topological polar surface area (TPSA) is 79.3 Å². The fraction of sp³-hybridized carbons (Fsp3) is 0.0769. The molecule has 2 aromatic rings. The van der Waals surface area contributed by atoms with Crippen LogP contribution in [0.1, 0.15) is 5.69 Å². The molecule has 1 aliphatic heterocycles. The molecule has 1 aliphatic rings. The maximum atomic E-state index is 10.7. The summed E-state index contributed by atoms with van der Waals surface area (Å²) in [6.45, 7) is 0. The van der Waals surface area contributed by atoms with Gasteiger partial charge in [-0.25, -0.2) is 20.4 Å². The highest BCUT2D eigenvalue weighted by molar-refractivity contribution is 6.42. The van der Waals surface area contributed by atoms with Gasteiger partial charge in [-0.05, 0) is 18.2 Å². The summed E-state index contributed by atoms with van der Waals surface area (Å²) >= 11 is 11.9. The fourth-order valence-corrected chi connectivity index (χ4v) is 2.14. The second kappa shape index (κ2) is 5.77. The van der Waals surface area contributed by atoms with Gasteiger partial charge in [0.15, 0.2) is 18.3 Å². The molecule has 0 saturated carbocycles. The number of carbonyl (C=O) groups excluding carboxylic acids is 1. The van der Waals surface area contributed by atoms with Gasteiger partial charge >= 0.3 is 0 Å². The molecule has 1 unspecified atom stereocenters. The molecule has 3 rings (SSSR count). The van der Waals surface area contributed by atoms with Gasteiger partial charge in [-0.2, -0.15) is 0 Å². The number of nitrogens with one attached hydrogen (secondary N) is 2. The van der Waals surface area contributed by atoms with E-state index >= 15 is 0 Å². The zero-order chi connectivity index (χ0) is 14.8. The number of rotatable bonds is 3. The molecule has 1 atom stereocenters. The third kappa shape index (κ3) is 2.87. The lowest BCUT2D eigenvalue weighted by Gasteiger charge is -2.05. The van der Waals surface area contributed by atoms with E-state index in [0.29, 0.717) is 33.6 Å². The van der Waals surface area contributed by atoms with E-state index in [4.69, 9.17) is 23.2 Å². The lowest BCUT2D eigenvalue weighted by molar-refractivity contribution is -0.109. The summed E-state index contributed by atoms with van der Waals surface area (Å²) in [6, 6.07) is 7.00. The van der Waals surface area contributed by atoms with Crippen LogP contribution in [-0.2, 0) is 4.79 Å². The highest BCUT2D eigenvalue weighted by Crippen LogP contribution is 2.27. The second-order valence-electron chi connectivity index (χ2n) is 4.25. The van der Waals surface area contributed by atoms with Crippen molar-refractivity contribution in [1.82, 2.24) is 20.8 Å². The van der Waals surface area contributed by atoms with Gasteiger partial charge in [0.1, 0.15) is 12.0 Å². The molecule has 1 aromatic heterocycles. The van der Waals surface area contributed by atoms with E-state index in [-0.39, 0.29) is 0 Å². The van der Waals surface area contributed by atoms with Crippen LogP contribution >= 0.6 is 23.2 Å². The maximum Gasteiger partial charge on any atom is 0.174 e. The van der Waals surface area contributed by atoms with Gasteiger partial charge < -0.3 is 5.43 Å². The Morgan fingerprint density at radius 2 is 1.90 bits per heavy atom. The van der Waals surface area contributed by atoms with Crippen molar-refractivity contribution in [2.24, 2.45) is 4.99 Å². The molecule has 0 bridgehead atoms. The summed E-state index contributed by atoms with van der Waals surface area (Å²) in [5.74, 6) is 0.482. The Bertz CT molecular complexity index is 734. The van der Waals surface area contributed by atoms with Crippen molar-refractivity contribution in [3.8, 4) is 11.3 Å². The van der Waals surface area contributed by atoms with Crippen LogP contribution in [0.25, 0.3) is 11.3 Å². The average molecular weight is 322 g/mol. The summed E-state index contributed by atoms with van der Waals surface area (Å²) in [7, 11) is 0. The highest BCUT2D eigenvalue weighted by Gasteiger charge is 2.18. The van der Waals surface area contributed by atoms with Gasteiger partial charge in [-0.3, -0.25) is 4.79 Å². The number of carbonyl (C=O) groups is 1. The summed E-state index contributed by atoms with van der Waals surface area (Å²) in [4.78, 5) is 23.1. The Morgan fingerprint density at radius 3 is 2.62 bits per heavy atom. The molecule has 2 N–H and O–H groups in total. The predicted octanol–water partition coefficient (Wildman–Crippen LogP) is 1.83. The minimum Gasteiger partial charge on any atom is -0.302 e. The Labute approximate surface area is 130 Å². The van der Waals surface area contributed by atoms with Crippen LogP contribution in [0.2, 0.25) is 10.0 Å². The van der Waals surface area contributed by atoms with Crippen LogP contribution in [0.4, 0.5) is 0 Å². The zero-order valence-electron chi connectivity index (χ0n) is 10.5. The molecule has 21 heavy (non-hydrogen) atoms.